The van der Waals surface area contributed by atoms with Crippen LogP contribution < -0.4 is 5.73 Å². The quantitative estimate of drug-likeness (QED) is 0.728. The molecule has 3 unspecified atom stereocenters. The van der Waals surface area contributed by atoms with Crippen molar-refractivity contribution in [3.8, 4) is 0 Å². The summed E-state index contributed by atoms with van der Waals surface area (Å²) in [5.41, 5.74) is 4.82. The van der Waals surface area contributed by atoms with Crippen LogP contribution in [0.15, 0.2) is 0 Å². The Morgan fingerprint density at radius 2 is 2.31 bits per heavy atom. The lowest BCUT2D eigenvalue weighted by Gasteiger charge is -2.38. The first-order valence-electron chi connectivity index (χ1n) is 6.40. The largest absolute Gasteiger partial charge is 0.389 e. The van der Waals surface area contributed by atoms with Gasteiger partial charge in [-0.15, -0.1) is 0 Å². The minimum Gasteiger partial charge on any atom is -0.389 e. The maximum atomic E-state index is 9.91. The highest BCUT2D eigenvalue weighted by atomic mass is 16.5. The molecule has 0 bridgehead atoms. The van der Waals surface area contributed by atoms with E-state index in [1.807, 2.05) is 6.92 Å². The molecule has 94 valence electrons. The second-order valence-electron chi connectivity index (χ2n) is 5.39. The molecule has 1 aliphatic carbocycles. The average molecular weight is 228 g/mol. The third-order valence-electron chi connectivity index (χ3n) is 3.97. The van der Waals surface area contributed by atoms with Gasteiger partial charge in [0, 0.05) is 25.7 Å². The third kappa shape index (κ3) is 2.74. The van der Waals surface area contributed by atoms with E-state index >= 15 is 0 Å². The van der Waals surface area contributed by atoms with Crippen LogP contribution in [0.4, 0.5) is 0 Å². The van der Waals surface area contributed by atoms with Crippen LogP contribution in [-0.2, 0) is 4.74 Å². The molecule has 3 atom stereocenters. The zero-order valence-corrected chi connectivity index (χ0v) is 10.2. The van der Waals surface area contributed by atoms with Crippen LogP contribution in [0.3, 0.4) is 0 Å². The summed E-state index contributed by atoms with van der Waals surface area (Å²) in [6, 6.07) is 0.585. The van der Waals surface area contributed by atoms with Crippen LogP contribution >= 0.6 is 0 Å². The molecule has 1 aliphatic heterocycles. The zero-order valence-electron chi connectivity index (χ0n) is 10.2. The summed E-state index contributed by atoms with van der Waals surface area (Å²) in [5.74, 6) is 0. The van der Waals surface area contributed by atoms with Gasteiger partial charge in [0.05, 0.1) is 18.3 Å². The highest BCUT2D eigenvalue weighted by Gasteiger charge is 2.36. The monoisotopic (exact) mass is 228 g/mol. The smallest absolute Gasteiger partial charge is 0.0753 e. The van der Waals surface area contributed by atoms with E-state index in [4.69, 9.17) is 10.5 Å². The van der Waals surface area contributed by atoms with Crippen molar-refractivity contribution < 1.29 is 9.84 Å². The maximum Gasteiger partial charge on any atom is 0.0753 e. The molecule has 0 spiro atoms. The lowest BCUT2D eigenvalue weighted by molar-refractivity contribution is -0.0632. The molecular formula is C12H24N2O2. The Labute approximate surface area is 97.7 Å². The molecule has 2 rings (SSSR count). The van der Waals surface area contributed by atoms with Crippen LogP contribution in [0.5, 0.6) is 0 Å². The third-order valence-corrected chi connectivity index (χ3v) is 3.97. The van der Waals surface area contributed by atoms with Crippen molar-refractivity contribution in [1.82, 2.24) is 4.90 Å². The van der Waals surface area contributed by atoms with Gasteiger partial charge < -0.3 is 15.6 Å². The van der Waals surface area contributed by atoms with Crippen LogP contribution in [-0.4, -0.2) is 54.0 Å². The molecule has 4 heteroatoms. The van der Waals surface area contributed by atoms with Gasteiger partial charge in [-0.3, -0.25) is 4.90 Å². The normalized spacial score (nSPS) is 34.7. The van der Waals surface area contributed by atoms with Crippen molar-refractivity contribution in [2.75, 3.05) is 26.2 Å². The summed E-state index contributed by atoms with van der Waals surface area (Å²) in [5, 5.41) is 9.91. The predicted octanol–water partition coefficient (Wildman–Crippen LogP) is 0.340. The number of nitrogens with zero attached hydrogens (tertiary/aromatic N) is 1. The predicted molar refractivity (Wildman–Crippen MR) is 63.2 cm³/mol. The summed E-state index contributed by atoms with van der Waals surface area (Å²) in [6.07, 6.45) is 4.92. The highest BCUT2D eigenvalue weighted by molar-refractivity contribution is 4.90. The first-order chi connectivity index (χ1) is 7.62. The van der Waals surface area contributed by atoms with E-state index in [0.717, 1.165) is 26.1 Å². The second kappa shape index (κ2) is 5.00. The summed E-state index contributed by atoms with van der Waals surface area (Å²) in [6.45, 7) is 4.94. The number of hydrogen-bond donors (Lipinski definition) is 2. The van der Waals surface area contributed by atoms with Gasteiger partial charge in [0.2, 0.25) is 0 Å². The first kappa shape index (κ1) is 12.3. The van der Waals surface area contributed by atoms with Gasteiger partial charge in [0.15, 0.2) is 0 Å². The fraction of sp³-hybridized carbons (Fsp3) is 1.00. The number of ether oxygens (including phenoxy) is 1. The van der Waals surface area contributed by atoms with Crippen LogP contribution in [0.2, 0.25) is 0 Å². The topological polar surface area (TPSA) is 58.7 Å². The summed E-state index contributed by atoms with van der Waals surface area (Å²) in [7, 11) is 0. The van der Waals surface area contributed by atoms with E-state index in [1.54, 1.807) is 0 Å². The molecule has 0 radical (unpaired) electrons. The van der Waals surface area contributed by atoms with Crippen LogP contribution in [0.1, 0.15) is 32.6 Å². The number of rotatable bonds is 4. The van der Waals surface area contributed by atoms with E-state index in [1.165, 1.54) is 19.3 Å². The van der Waals surface area contributed by atoms with E-state index in [0.29, 0.717) is 18.7 Å². The Balaban J connectivity index is 1.84. The Morgan fingerprint density at radius 3 is 3.06 bits per heavy atom. The van der Waals surface area contributed by atoms with Gasteiger partial charge in [0.25, 0.3) is 0 Å². The Morgan fingerprint density at radius 1 is 1.50 bits per heavy atom. The Hall–Kier alpha value is -0.160. The minimum atomic E-state index is -0.716. The number of nitrogens with two attached hydrogens (primary N) is 1. The molecule has 1 saturated heterocycles. The molecule has 1 heterocycles. The van der Waals surface area contributed by atoms with Gasteiger partial charge >= 0.3 is 0 Å². The molecule has 0 aromatic rings. The summed E-state index contributed by atoms with van der Waals surface area (Å²) in [4.78, 5) is 2.48. The van der Waals surface area contributed by atoms with Gasteiger partial charge in [-0.1, -0.05) is 0 Å². The first-order valence-corrected chi connectivity index (χ1v) is 6.40. The van der Waals surface area contributed by atoms with Crippen molar-refractivity contribution in [3.63, 3.8) is 0 Å². The van der Waals surface area contributed by atoms with Crippen LogP contribution in [0, 0.1) is 0 Å². The highest BCUT2D eigenvalue weighted by Crippen LogP contribution is 2.30. The van der Waals surface area contributed by atoms with E-state index < -0.39 is 5.60 Å². The fourth-order valence-corrected chi connectivity index (χ4v) is 2.77. The number of hydrogen-bond acceptors (Lipinski definition) is 4. The molecule has 0 amide bonds. The molecule has 3 N–H and O–H groups in total. The molecule has 2 fully saturated rings. The van der Waals surface area contributed by atoms with Crippen molar-refractivity contribution in [3.05, 3.63) is 0 Å². The lowest BCUT2D eigenvalue weighted by Crippen LogP contribution is -2.50. The van der Waals surface area contributed by atoms with E-state index in [9.17, 15) is 5.11 Å². The number of morpholine rings is 1. The van der Waals surface area contributed by atoms with Crippen molar-refractivity contribution in [1.29, 1.82) is 0 Å². The molecule has 0 aromatic carbocycles. The van der Waals surface area contributed by atoms with Crippen molar-refractivity contribution in [2.45, 2.75) is 50.4 Å². The summed E-state index contributed by atoms with van der Waals surface area (Å²) < 4.78 is 5.76. The van der Waals surface area contributed by atoms with Gasteiger partial charge in [-0.25, -0.2) is 0 Å². The minimum absolute atomic E-state index is 0.339. The SMILES string of the molecule is CC(O)(CN)CCN1CCOC2CCCC21. The Kier molecular flexibility index (Phi) is 3.85. The second-order valence-corrected chi connectivity index (χ2v) is 5.39. The van der Waals surface area contributed by atoms with Crippen molar-refractivity contribution >= 4 is 0 Å². The van der Waals surface area contributed by atoms with Gasteiger partial charge in [-0.2, -0.15) is 0 Å². The Bertz CT molecular complexity index is 233. The zero-order chi connectivity index (χ0) is 11.6. The molecule has 0 aromatic heterocycles. The lowest BCUT2D eigenvalue weighted by atomic mass is 10.0. The molecule has 1 saturated carbocycles. The fourth-order valence-electron chi connectivity index (χ4n) is 2.77. The van der Waals surface area contributed by atoms with E-state index in [-0.39, 0.29) is 0 Å². The number of aliphatic hydroxyl groups is 1. The van der Waals surface area contributed by atoms with Crippen LogP contribution in [0.25, 0.3) is 0 Å². The maximum absolute atomic E-state index is 9.91. The van der Waals surface area contributed by atoms with Gasteiger partial charge in [0.1, 0.15) is 0 Å². The van der Waals surface area contributed by atoms with E-state index in [2.05, 4.69) is 4.90 Å². The average Bonchev–Trinajstić information content (AvgIpc) is 2.75. The standard InChI is InChI=1S/C12H24N2O2/c1-12(15,9-13)5-6-14-7-8-16-11-4-2-3-10(11)14/h10-11,15H,2-9,13H2,1H3. The molecular weight excluding hydrogens is 204 g/mol. The van der Waals surface area contributed by atoms with Crippen molar-refractivity contribution in [2.24, 2.45) is 5.73 Å². The van der Waals surface area contributed by atoms with Gasteiger partial charge in [-0.05, 0) is 32.6 Å². The molecule has 2 aliphatic rings. The number of fused-ring (bicyclic) bond motifs is 1. The molecule has 4 nitrogen and oxygen atoms in total. The summed E-state index contributed by atoms with van der Waals surface area (Å²) >= 11 is 0. The molecule has 16 heavy (non-hydrogen) atoms.